The first kappa shape index (κ1) is 13.1. The maximum absolute atomic E-state index is 12.1. The number of amides is 1. The van der Waals surface area contributed by atoms with E-state index in [1.165, 1.54) is 11.1 Å². The highest BCUT2D eigenvalue weighted by molar-refractivity contribution is 5.79. The van der Waals surface area contributed by atoms with E-state index in [1.807, 2.05) is 12.1 Å². The van der Waals surface area contributed by atoms with Gasteiger partial charge in [-0.15, -0.1) is 0 Å². The highest BCUT2D eigenvalue weighted by Crippen LogP contribution is 2.18. The molecule has 1 aromatic carbocycles. The lowest BCUT2D eigenvalue weighted by molar-refractivity contribution is -0.126. The largest absolute Gasteiger partial charge is 0.349 e. The zero-order valence-corrected chi connectivity index (χ0v) is 11.2. The molecule has 0 radical (unpaired) electrons. The van der Waals surface area contributed by atoms with Gasteiger partial charge in [0, 0.05) is 6.54 Å². The van der Waals surface area contributed by atoms with Crippen LogP contribution in [0.5, 0.6) is 0 Å². The first-order valence-electron chi connectivity index (χ1n) is 6.75. The van der Waals surface area contributed by atoms with Gasteiger partial charge in [-0.1, -0.05) is 24.3 Å². The molecule has 2 atom stereocenters. The van der Waals surface area contributed by atoms with Gasteiger partial charge in [0.15, 0.2) is 0 Å². The van der Waals surface area contributed by atoms with Crippen molar-refractivity contribution in [2.75, 3.05) is 13.1 Å². The van der Waals surface area contributed by atoms with E-state index in [4.69, 9.17) is 0 Å². The van der Waals surface area contributed by atoms with Crippen molar-refractivity contribution >= 4 is 5.91 Å². The third-order valence-electron chi connectivity index (χ3n) is 3.68. The molecule has 0 saturated carbocycles. The summed E-state index contributed by atoms with van der Waals surface area (Å²) in [7, 11) is 0. The second-order valence-corrected chi connectivity index (χ2v) is 5.13. The van der Waals surface area contributed by atoms with Crippen molar-refractivity contribution in [3.05, 3.63) is 35.4 Å². The van der Waals surface area contributed by atoms with Gasteiger partial charge in [-0.25, -0.2) is 0 Å². The first-order chi connectivity index (χ1) is 8.68. The lowest BCUT2D eigenvalue weighted by atomic mass is 9.97. The third kappa shape index (κ3) is 3.10. The minimum Gasteiger partial charge on any atom is -0.349 e. The van der Waals surface area contributed by atoms with Gasteiger partial charge in [-0.2, -0.15) is 0 Å². The summed E-state index contributed by atoms with van der Waals surface area (Å²) in [6.07, 6.45) is 2.09. The van der Waals surface area contributed by atoms with Crippen molar-refractivity contribution in [2.24, 2.45) is 5.92 Å². The van der Waals surface area contributed by atoms with Crippen LogP contribution in [-0.2, 0) is 4.79 Å². The molecular weight excluding hydrogens is 224 g/mol. The molecule has 1 heterocycles. The fourth-order valence-electron chi connectivity index (χ4n) is 2.56. The standard InChI is InChI=1S/C15H22N2O/c1-11-6-3-4-8-14(11)12(2)17-15(18)13-7-5-9-16-10-13/h3-4,6,8,12-13,16H,5,7,9-10H2,1-2H3,(H,17,18)/t12?,13-/m1/s1. The lowest BCUT2D eigenvalue weighted by Gasteiger charge is -2.24. The fourth-order valence-corrected chi connectivity index (χ4v) is 2.56. The Morgan fingerprint density at radius 2 is 2.22 bits per heavy atom. The number of piperidine rings is 1. The average molecular weight is 246 g/mol. The van der Waals surface area contributed by atoms with E-state index in [9.17, 15) is 4.79 Å². The molecule has 0 bridgehead atoms. The number of carbonyl (C=O) groups is 1. The molecule has 1 aliphatic rings. The Kier molecular flexibility index (Phi) is 4.37. The summed E-state index contributed by atoms with van der Waals surface area (Å²) in [6.45, 7) is 5.99. The van der Waals surface area contributed by atoms with E-state index in [2.05, 4.69) is 36.6 Å². The topological polar surface area (TPSA) is 41.1 Å². The summed E-state index contributed by atoms with van der Waals surface area (Å²) in [5, 5.41) is 6.41. The molecule has 2 rings (SSSR count). The van der Waals surface area contributed by atoms with E-state index >= 15 is 0 Å². The van der Waals surface area contributed by atoms with Crippen LogP contribution in [0.15, 0.2) is 24.3 Å². The second kappa shape index (κ2) is 6.01. The van der Waals surface area contributed by atoms with Gasteiger partial charge in [0.1, 0.15) is 0 Å². The number of nitrogens with one attached hydrogen (secondary N) is 2. The molecule has 3 heteroatoms. The molecule has 1 fully saturated rings. The molecule has 1 amide bonds. The van der Waals surface area contributed by atoms with Crippen LogP contribution < -0.4 is 10.6 Å². The summed E-state index contributed by atoms with van der Waals surface area (Å²) >= 11 is 0. The minimum absolute atomic E-state index is 0.0839. The molecule has 1 aliphatic heterocycles. The van der Waals surface area contributed by atoms with Crippen LogP contribution >= 0.6 is 0 Å². The van der Waals surface area contributed by atoms with Crippen LogP contribution in [-0.4, -0.2) is 19.0 Å². The number of hydrogen-bond donors (Lipinski definition) is 2. The maximum atomic E-state index is 12.1. The average Bonchev–Trinajstić information content (AvgIpc) is 2.40. The van der Waals surface area contributed by atoms with Crippen molar-refractivity contribution in [3.63, 3.8) is 0 Å². The van der Waals surface area contributed by atoms with Gasteiger partial charge in [0.25, 0.3) is 0 Å². The molecule has 1 aromatic rings. The van der Waals surface area contributed by atoms with E-state index in [-0.39, 0.29) is 17.9 Å². The highest BCUT2D eigenvalue weighted by atomic mass is 16.1. The van der Waals surface area contributed by atoms with Crippen LogP contribution in [0, 0.1) is 12.8 Å². The SMILES string of the molecule is Cc1ccccc1C(C)NC(=O)[C@@H]1CCCNC1. The second-order valence-electron chi connectivity index (χ2n) is 5.13. The molecule has 18 heavy (non-hydrogen) atoms. The summed E-state index contributed by atoms with van der Waals surface area (Å²) in [5.41, 5.74) is 2.43. The Hall–Kier alpha value is -1.35. The summed E-state index contributed by atoms with van der Waals surface area (Å²) in [6, 6.07) is 8.30. The number of hydrogen-bond acceptors (Lipinski definition) is 2. The smallest absolute Gasteiger partial charge is 0.224 e. The highest BCUT2D eigenvalue weighted by Gasteiger charge is 2.22. The first-order valence-corrected chi connectivity index (χ1v) is 6.75. The predicted octanol–water partition coefficient (Wildman–Crippen LogP) is 2.17. The van der Waals surface area contributed by atoms with Gasteiger partial charge < -0.3 is 10.6 Å². The van der Waals surface area contributed by atoms with Gasteiger partial charge in [-0.05, 0) is 44.4 Å². The van der Waals surface area contributed by atoms with E-state index in [1.54, 1.807) is 0 Å². The Morgan fingerprint density at radius 1 is 1.44 bits per heavy atom. The van der Waals surface area contributed by atoms with Crippen LogP contribution in [0.1, 0.15) is 36.9 Å². The van der Waals surface area contributed by atoms with Crippen molar-refractivity contribution < 1.29 is 4.79 Å². The maximum Gasteiger partial charge on any atom is 0.224 e. The quantitative estimate of drug-likeness (QED) is 0.858. The molecule has 98 valence electrons. The Balaban J connectivity index is 1.96. The predicted molar refractivity (Wildman–Crippen MR) is 73.3 cm³/mol. The zero-order valence-electron chi connectivity index (χ0n) is 11.2. The molecule has 0 aliphatic carbocycles. The molecular formula is C15H22N2O. The summed E-state index contributed by atoms with van der Waals surface area (Å²) in [5.74, 6) is 0.308. The van der Waals surface area contributed by atoms with Crippen molar-refractivity contribution in [2.45, 2.75) is 32.7 Å². The van der Waals surface area contributed by atoms with Crippen molar-refractivity contribution in [1.82, 2.24) is 10.6 Å². The Morgan fingerprint density at radius 3 is 2.89 bits per heavy atom. The lowest BCUT2D eigenvalue weighted by Crippen LogP contribution is -2.41. The van der Waals surface area contributed by atoms with Gasteiger partial charge in [-0.3, -0.25) is 4.79 Å². The van der Waals surface area contributed by atoms with E-state index in [0.717, 1.165) is 25.9 Å². The van der Waals surface area contributed by atoms with Crippen molar-refractivity contribution in [1.29, 1.82) is 0 Å². The number of rotatable bonds is 3. The van der Waals surface area contributed by atoms with Gasteiger partial charge >= 0.3 is 0 Å². The summed E-state index contributed by atoms with van der Waals surface area (Å²) < 4.78 is 0. The van der Waals surface area contributed by atoms with E-state index < -0.39 is 0 Å². The van der Waals surface area contributed by atoms with Crippen molar-refractivity contribution in [3.8, 4) is 0 Å². The van der Waals surface area contributed by atoms with Crippen LogP contribution in [0.25, 0.3) is 0 Å². The molecule has 2 N–H and O–H groups in total. The van der Waals surface area contributed by atoms with Crippen LogP contribution in [0.3, 0.4) is 0 Å². The molecule has 3 nitrogen and oxygen atoms in total. The van der Waals surface area contributed by atoms with Gasteiger partial charge in [0.2, 0.25) is 5.91 Å². The molecule has 1 saturated heterocycles. The Labute approximate surface area is 109 Å². The minimum atomic E-state index is 0.0839. The van der Waals surface area contributed by atoms with Crippen LogP contribution in [0.2, 0.25) is 0 Å². The summed E-state index contributed by atoms with van der Waals surface area (Å²) in [4.78, 5) is 12.1. The Bertz CT molecular complexity index is 411. The fraction of sp³-hybridized carbons (Fsp3) is 0.533. The zero-order chi connectivity index (χ0) is 13.0. The number of aryl methyl sites for hydroxylation is 1. The monoisotopic (exact) mass is 246 g/mol. The van der Waals surface area contributed by atoms with Gasteiger partial charge in [0.05, 0.1) is 12.0 Å². The number of carbonyl (C=O) groups excluding carboxylic acids is 1. The normalized spacial score (nSPS) is 21.3. The third-order valence-corrected chi connectivity index (χ3v) is 3.68. The number of benzene rings is 1. The molecule has 1 unspecified atom stereocenters. The van der Waals surface area contributed by atoms with Crippen LogP contribution in [0.4, 0.5) is 0 Å². The molecule has 0 spiro atoms. The van der Waals surface area contributed by atoms with E-state index in [0.29, 0.717) is 0 Å². The molecule has 0 aromatic heterocycles.